The highest BCUT2D eigenvalue weighted by Gasteiger charge is 2.28. The van der Waals surface area contributed by atoms with Gasteiger partial charge in [0.2, 0.25) is 0 Å². The van der Waals surface area contributed by atoms with Crippen LogP contribution in [0.2, 0.25) is 0 Å². The van der Waals surface area contributed by atoms with E-state index in [9.17, 15) is 4.79 Å². The van der Waals surface area contributed by atoms with Gasteiger partial charge in [0.25, 0.3) is 0 Å². The molecular formula is C10H21NO2. The second-order valence-electron chi connectivity index (χ2n) is 4.06. The van der Waals surface area contributed by atoms with E-state index in [2.05, 4.69) is 18.7 Å². The van der Waals surface area contributed by atoms with Gasteiger partial charge in [0.1, 0.15) is 0 Å². The van der Waals surface area contributed by atoms with E-state index < -0.39 is 11.4 Å². The summed E-state index contributed by atoms with van der Waals surface area (Å²) in [5.41, 5.74) is -0.634. The molecule has 78 valence electrons. The highest BCUT2D eigenvalue weighted by Crippen LogP contribution is 2.17. The fraction of sp³-hybridized carbons (Fsp3) is 0.900. The van der Waals surface area contributed by atoms with Crippen LogP contribution in [0.1, 0.15) is 34.1 Å². The average molecular weight is 187 g/mol. The van der Waals surface area contributed by atoms with E-state index in [0.717, 1.165) is 19.5 Å². The summed E-state index contributed by atoms with van der Waals surface area (Å²) in [5, 5.41) is 8.93. The molecule has 0 saturated carbocycles. The number of hydrogen-bond donors (Lipinski definition) is 1. The Kier molecular flexibility index (Phi) is 4.99. The summed E-state index contributed by atoms with van der Waals surface area (Å²) >= 11 is 0. The molecular weight excluding hydrogens is 166 g/mol. The first kappa shape index (κ1) is 12.4. The molecule has 0 radical (unpaired) electrons. The molecule has 0 aliphatic heterocycles. The van der Waals surface area contributed by atoms with E-state index in [1.54, 1.807) is 13.8 Å². The van der Waals surface area contributed by atoms with Crippen molar-refractivity contribution in [2.45, 2.75) is 34.1 Å². The van der Waals surface area contributed by atoms with Gasteiger partial charge in [0.05, 0.1) is 5.41 Å². The predicted molar refractivity (Wildman–Crippen MR) is 53.8 cm³/mol. The zero-order valence-electron chi connectivity index (χ0n) is 9.13. The van der Waals surface area contributed by atoms with Gasteiger partial charge in [0, 0.05) is 6.54 Å². The molecule has 0 aliphatic rings. The first-order valence-corrected chi connectivity index (χ1v) is 4.89. The van der Waals surface area contributed by atoms with Crippen LogP contribution in [0.4, 0.5) is 0 Å². The van der Waals surface area contributed by atoms with Gasteiger partial charge >= 0.3 is 5.97 Å². The van der Waals surface area contributed by atoms with E-state index >= 15 is 0 Å². The summed E-state index contributed by atoms with van der Waals surface area (Å²) in [4.78, 5) is 13.0. The summed E-state index contributed by atoms with van der Waals surface area (Å²) in [7, 11) is 0. The van der Waals surface area contributed by atoms with Gasteiger partial charge in [-0.1, -0.05) is 13.8 Å². The molecule has 0 aromatic heterocycles. The molecule has 0 atom stereocenters. The maximum Gasteiger partial charge on any atom is 0.310 e. The lowest BCUT2D eigenvalue weighted by Gasteiger charge is -2.28. The van der Waals surface area contributed by atoms with Gasteiger partial charge in [-0.2, -0.15) is 0 Å². The summed E-state index contributed by atoms with van der Waals surface area (Å²) in [6.45, 7) is 10.2. The monoisotopic (exact) mass is 187 g/mol. The molecule has 0 amide bonds. The Balaban J connectivity index is 4.13. The van der Waals surface area contributed by atoms with Gasteiger partial charge in [-0.25, -0.2) is 0 Å². The second kappa shape index (κ2) is 5.22. The highest BCUT2D eigenvalue weighted by molar-refractivity contribution is 5.73. The number of rotatable bonds is 6. The Morgan fingerprint density at radius 3 is 2.23 bits per heavy atom. The number of carboxylic acids is 1. The van der Waals surface area contributed by atoms with E-state index in [1.807, 2.05) is 0 Å². The maximum absolute atomic E-state index is 10.9. The third kappa shape index (κ3) is 4.27. The minimum absolute atomic E-state index is 0.632. The molecule has 0 aromatic rings. The molecule has 0 aromatic carbocycles. The Morgan fingerprint density at radius 1 is 1.38 bits per heavy atom. The van der Waals surface area contributed by atoms with Gasteiger partial charge in [0.15, 0.2) is 0 Å². The smallest absolute Gasteiger partial charge is 0.310 e. The molecule has 13 heavy (non-hydrogen) atoms. The standard InChI is InChI=1S/C10H21NO2/c1-5-7-11(6-2)8-10(3,4)9(12)13/h5-8H2,1-4H3,(H,12,13). The molecule has 0 heterocycles. The molecule has 0 bridgehead atoms. The summed E-state index contributed by atoms with van der Waals surface area (Å²) in [6.07, 6.45) is 1.07. The number of carbonyl (C=O) groups is 1. The molecule has 0 saturated heterocycles. The SMILES string of the molecule is CCCN(CC)CC(C)(C)C(=O)O. The Bertz CT molecular complexity index is 166. The lowest BCUT2D eigenvalue weighted by atomic mass is 9.93. The van der Waals surface area contributed by atoms with Crippen molar-refractivity contribution in [1.82, 2.24) is 4.90 Å². The third-order valence-corrected chi connectivity index (χ3v) is 2.18. The van der Waals surface area contributed by atoms with Crippen LogP contribution in [0.5, 0.6) is 0 Å². The molecule has 1 N–H and O–H groups in total. The average Bonchev–Trinajstić information content (AvgIpc) is 2.03. The van der Waals surface area contributed by atoms with Crippen LogP contribution in [0.3, 0.4) is 0 Å². The molecule has 0 fully saturated rings. The molecule has 3 nitrogen and oxygen atoms in total. The van der Waals surface area contributed by atoms with E-state index in [-0.39, 0.29) is 0 Å². The van der Waals surface area contributed by atoms with Crippen LogP contribution >= 0.6 is 0 Å². The quantitative estimate of drug-likeness (QED) is 0.689. The fourth-order valence-electron chi connectivity index (χ4n) is 1.29. The second-order valence-corrected chi connectivity index (χ2v) is 4.06. The van der Waals surface area contributed by atoms with Gasteiger partial charge < -0.3 is 10.0 Å². The number of nitrogens with zero attached hydrogens (tertiary/aromatic N) is 1. The van der Waals surface area contributed by atoms with Gasteiger partial charge in [-0.05, 0) is 33.4 Å². The fourth-order valence-corrected chi connectivity index (χ4v) is 1.29. The van der Waals surface area contributed by atoms with Crippen molar-refractivity contribution >= 4 is 5.97 Å². The van der Waals surface area contributed by atoms with Crippen molar-refractivity contribution in [1.29, 1.82) is 0 Å². The Morgan fingerprint density at radius 2 is 1.92 bits per heavy atom. The summed E-state index contributed by atoms with van der Waals surface area (Å²) in [6, 6.07) is 0. The first-order chi connectivity index (χ1) is 5.94. The number of carboxylic acid groups (broad SMARTS) is 1. The molecule has 0 aliphatic carbocycles. The van der Waals surface area contributed by atoms with E-state index in [4.69, 9.17) is 5.11 Å². The largest absolute Gasteiger partial charge is 0.481 e. The molecule has 0 unspecified atom stereocenters. The van der Waals surface area contributed by atoms with Crippen molar-refractivity contribution in [2.24, 2.45) is 5.41 Å². The van der Waals surface area contributed by atoms with Gasteiger partial charge in [-0.15, -0.1) is 0 Å². The summed E-state index contributed by atoms with van der Waals surface area (Å²) < 4.78 is 0. The van der Waals surface area contributed by atoms with Gasteiger partial charge in [-0.3, -0.25) is 4.79 Å². The first-order valence-electron chi connectivity index (χ1n) is 4.89. The molecule has 0 rings (SSSR count). The molecule has 0 spiro atoms. The number of hydrogen-bond acceptors (Lipinski definition) is 2. The van der Waals surface area contributed by atoms with Crippen LogP contribution in [-0.2, 0) is 4.79 Å². The van der Waals surface area contributed by atoms with Crippen LogP contribution in [-0.4, -0.2) is 35.6 Å². The lowest BCUT2D eigenvalue weighted by molar-refractivity contribution is -0.147. The van der Waals surface area contributed by atoms with Crippen LogP contribution in [0.25, 0.3) is 0 Å². The van der Waals surface area contributed by atoms with Crippen LogP contribution < -0.4 is 0 Å². The Labute approximate surface area is 80.7 Å². The topological polar surface area (TPSA) is 40.5 Å². The van der Waals surface area contributed by atoms with Crippen molar-refractivity contribution in [3.8, 4) is 0 Å². The lowest BCUT2D eigenvalue weighted by Crippen LogP contribution is -2.39. The van der Waals surface area contributed by atoms with E-state index in [0.29, 0.717) is 6.54 Å². The van der Waals surface area contributed by atoms with E-state index in [1.165, 1.54) is 0 Å². The maximum atomic E-state index is 10.9. The molecule has 3 heteroatoms. The van der Waals surface area contributed by atoms with Crippen molar-refractivity contribution in [3.05, 3.63) is 0 Å². The predicted octanol–water partition coefficient (Wildman–Crippen LogP) is 1.83. The minimum atomic E-state index is -0.720. The van der Waals surface area contributed by atoms with Crippen LogP contribution in [0, 0.1) is 5.41 Å². The summed E-state index contributed by atoms with van der Waals surface area (Å²) in [5.74, 6) is -0.720. The zero-order chi connectivity index (χ0) is 10.5. The number of aliphatic carboxylic acids is 1. The minimum Gasteiger partial charge on any atom is -0.481 e. The van der Waals surface area contributed by atoms with Crippen LogP contribution in [0.15, 0.2) is 0 Å². The van der Waals surface area contributed by atoms with Crippen molar-refractivity contribution < 1.29 is 9.90 Å². The highest BCUT2D eigenvalue weighted by atomic mass is 16.4. The Hall–Kier alpha value is -0.570. The normalized spacial score (nSPS) is 12.1. The zero-order valence-corrected chi connectivity index (χ0v) is 9.13. The van der Waals surface area contributed by atoms with Crippen molar-refractivity contribution in [3.63, 3.8) is 0 Å². The van der Waals surface area contributed by atoms with Crippen molar-refractivity contribution in [2.75, 3.05) is 19.6 Å². The third-order valence-electron chi connectivity index (χ3n) is 2.18.